The largest absolute Gasteiger partial charge is 0.465 e. The maximum atomic E-state index is 14.2. The number of alkyl halides is 24. The Morgan fingerprint density at radius 3 is 0.865 bits per heavy atom. The average molecular weight is 1090 g/mol. The van der Waals surface area contributed by atoms with Gasteiger partial charge in [-0.2, -0.15) is 127 Å². The lowest BCUT2D eigenvalue weighted by Gasteiger charge is -2.46. The number of pyridine rings is 1. The Morgan fingerprint density at radius 1 is 0.378 bits per heavy atom. The minimum atomic E-state index is -6.13. The quantitative estimate of drug-likeness (QED) is 0.0690. The van der Waals surface area contributed by atoms with Gasteiger partial charge in [0.05, 0.1) is 57.2 Å². The van der Waals surface area contributed by atoms with Crippen molar-refractivity contribution >= 4 is 34.0 Å². The summed E-state index contributed by atoms with van der Waals surface area (Å²) in [6.07, 6.45) is -50.8. The zero-order valence-electron chi connectivity index (χ0n) is 36.2. The third-order valence-corrected chi connectivity index (χ3v) is 10.9. The minimum Gasteiger partial charge on any atom is -0.465 e. The molecule has 0 unspecified atom stereocenters. The van der Waals surface area contributed by atoms with Crippen LogP contribution in [0.3, 0.4) is 0 Å². The van der Waals surface area contributed by atoms with E-state index in [9.17, 15) is 110 Å². The normalized spacial score (nSPS) is 13.3. The number of hydrogen-bond donors (Lipinski definition) is 0. The summed E-state index contributed by atoms with van der Waals surface area (Å²) in [5.74, 6) is -0.301. The zero-order chi connectivity index (χ0) is 56.0. The van der Waals surface area contributed by atoms with E-state index in [1.165, 1.54) is 7.11 Å². The predicted octanol–water partition coefficient (Wildman–Crippen LogP) is 13.0. The lowest BCUT2D eigenvalue weighted by molar-refractivity contribution is -0.688. The second kappa shape index (κ2) is 20.1. The van der Waals surface area contributed by atoms with Gasteiger partial charge in [0.1, 0.15) is 6.15 Å². The predicted molar refractivity (Wildman–Crippen MR) is 214 cm³/mol. The molecule has 0 bridgehead atoms. The van der Waals surface area contributed by atoms with Crippen LogP contribution in [-0.2, 0) is 60.7 Å². The Labute approximate surface area is 399 Å². The molecule has 1 heterocycles. The van der Waals surface area contributed by atoms with Crippen LogP contribution in [0.5, 0.6) is 0 Å². The second-order valence-electron chi connectivity index (χ2n) is 16.0. The number of ether oxygens (including phenoxy) is 1. The highest BCUT2D eigenvalue weighted by molar-refractivity contribution is 7.20. The molecule has 0 fully saturated rings. The number of rotatable bonds is 7. The van der Waals surface area contributed by atoms with Crippen LogP contribution >= 0.6 is 0 Å². The van der Waals surface area contributed by atoms with Crippen molar-refractivity contribution in [2.75, 3.05) is 7.11 Å². The Bertz CT molecular complexity index is 2540. The van der Waals surface area contributed by atoms with E-state index in [1.807, 2.05) is 48.8 Å². The Kier molecular flexibility index (Phi) is 15.7. The lowest BCUT2D eigenvalue weighted by Crippen LogP contribution is -2.75. The van der Waals surface area contributed by atoms with Crippen LogP contribution in [0.1, 0.15) is 60.4 Å². The van der Waals surface area contributed by atoms with Crippen molar-refractivity contribution in [2.24, 2.45) is 0 Å². The van der Waals surface area contributed by atoms with Gasteiger partial charge >= 0.3 is 55.4 Å². The number of carbonyl (C=O) groups is 1. The molecule has 6 aromatic rings. The van der Waals surface area contributed by atoms with Crippen molar-refractivity contribution in [3.63, 3.8) is 0 Å². The van der Waals surface area contributed by atoms with Crippen LogP contribution in [-0.4, -0.2) is 19.2 Å². The highest BCUT2D eigenvalue weighted by Gasteiger charge is 2.47. The number of halogens is 24. The molecule has 3 nitrogen and oxygen atoms in total. The molecule has 0 amide bonds. The van der Waals surface area contributed by atoms with Gasteiger partial charge in [0.15, 0.2) is 18.9 Å². The van der Waals surface area contributed by atoms with Gasteiger partial charge in [-0.1, -0.05) is 66.7 Å². The van der Waals surface area contributed by atoms with Crippen LogP contribution in [0.25, 0.3) is 0 Å². The van der Waals surface area contributed by atoms with Gasteiger partial charge < -0.3 is 4.74 Å². The summed E-state index contributed by atoms with van der Waals surface area (Å²) in [6.45, 7) is 0.742. The van der Waals surface area contributed by atoms with E-state index in [1.54, 1.807) is 6.07 Å². The Balaban J connectivity index is 0.000000500. The smallest absolute Gasteiger partial charge is 0.416 e. The van der Waals surface area contributed by atoms with Crippen LogP contribution < -0.4 is 26.4 Å². The fourth-order valence-electron chi connectivity index (χ4n) is 7.74. The highest BCUT2D eigenvalue weighted by atomic mass is 19.4. The summed E-state index contributed by atoms with van der Waals surface area (Å²) in [6, 6.07) is 4.58. The van der Waals surface area contributed by atoms with Gasteiger partial charge in [0, 0.05) is 17.7 Å². The summed E-state index contributed by atoms with van der Waals surface area (Å²) in [4.78, 5) is 11.4. The van der Waals surface area contributed by atoms with E-state index in [0.29, 0.717) is 5.56 Å². The maximum Gasteiger partial charge on any atom is 0.416 e. The molecule has 0 saturated carbocycles. The summed E-state index contributed by atoms with van der Waals surface area (Å²) < 4.78 is 348. The molecular formula is C46H26BF24NO2. The van der Waals surface area contributed by atoms with E-state index in [-0.39, 0.29) is 5.97 Å². The van der Waals surface area contributed by atoms with Crippen molar-refractivity contribution in [2.45, 2.75) is 56.0 Å². The fraction of sp³-hybridized carbons (Fsp3) is 0.217. The molecule has 0 N–H and O–H groups in total. The summed E-state index contributed by atoms with van der Waals surface area (Å²) in [5, 5.41) is 0. The zero-order valence-corrected chi connectivity index (χ0v) is 36.2. The number of esters is 1. The molecule has 0 aliphatic carbocycles. The van der Waals surface area contributed by atoms with E-state index in [2.05, 4.69) is 4.57 Å². The molecule has 6 rings (SSSR count). The first kappa shape index (κ1) is 58.0. The van der Waals surface area contributed by atoms with E-state index >= 15 is 0 Å². The molecule has 0 atom stereocenters. The van der Waals surface area contributed by atoms with Crippen LogP contribution in [0.15, 0.2) is 128 Å². The Hall–Kier alpha value is -6.90. The third kappa shape index (κ3) is 13.4. The van der Waals surface area contributed by atoms with Gasteiger partial charge in [0.25, 0.3) is 0 Å². The first-order valence-corrected chi connectivity index (χ1v) is 20.0. The minimum absolute atomic E-state index is 0.301. The summed E-state index contributed by atoms with van der Waals surface area (Å²) in [7, 11) is 1.39. The van der Waals surface area contributed by atoms with Crippen molar-refractivity contribution in [3.8, 4) is 0 Å². The number of nitrogens with zero attached hydrogens (tertiary/aromatic N) is 1. The van der Waals surface area contributed by atoms with E-state index in [0.717, 1.165) is 12.1 Å². The van der Waals surface area contributed by atoms with E-state index < -0.39 is 195 Å². The van der Waals surface area contributed by atoms with Gasteiger partial charge in [-0.05, 0) is 36.4 Å². The van der Waals surface area contributed by atoms with Crippen molar-refractivity contribution in [1.29, 1.82) is 0 Å². The molecular weight excluding hydrogens is 1070 g/mol. The van der Waals surface area contributed by atoms with E-state index in [4.69, 9.17) is 4.74 Å². The monoisotopic (exact) mass is 1090 g/mol. The SMILES string of the molecule is COC(=O)c1cccc(C[n+]2ccccc2)c1.FC(F)(F)c1cc([B-](c2cc(C(F)(F)F)cc(C(F)(F)F)c2)(c2cc(C(F)(F)F)cc(C(F)(F)F)c2)c2cc(C(F)(F)F)cc(C(F)(F)F)c2)cc(C(F)(F)F)c1. The molecule has 398 valence electrons. The molecule has 0 radical (unpaired) electrons. The van der Waals surface area contributed by atoms with Crippen molar-refractivity contribution in [1.82, 2.24) is 0 Å². The van der Waals surface area contributed by atoms with Gasteiger partial charge in [0.2, 0.25) is 0 Å². The molecule has 5 aromatic carbocycles. The number of methoxy groups -OCH3 is 1. The molecule has 0 saturated heterocycles. The Morgan fingerprint density at radius 2 is 0.635 bits per heavy atom. The molecule has 0 spiro atoms. The third-order valence-electron chi connectivity index (χ3n) is 10.9. The number of hydrogen-bond acceptors (Lipinski definition) is 2. The van der Waals surface area contributed by atoms with Crippen molar-refractivity contribution < 1.29 is 119 Å². The fourth-order valence-corrected chi connectivity index (χ4v) is 7.74. The van der Waals surface area contributed by atoms with Crippen LogP contribution in [0.2, 0.25) is 0 Å². The van der Waals surface area contributed by atoms with Gasteiger partial charge in [-0.15, -0.1) is 0 Å². The first-order valence-electron chi connectivity index (χ1n) is 20.0. The lowest BCUT2D eigenvalue weighted by atomic mass is 9.12. The second-order valence-corrected chi connectivity index (χ2v) is 16.0. The summed E-state index contributed by atoms with van der Waals surface area (Å²) >= 11 is 0. The number of benzene rings is 5. The van der Waals surface area contributed by atoms with Crippen LogP contribution in [0.4, 0.5) is 105 Å². The molecule has 28 heteroatoms. The topological polar surface area (TPSA) is 30.2 Å². The van der Waals surface area contributed by atoms with Gasteiger partial charge in [-0.3, -0.25) is 0 Å². The highest BCUT2D eigenvalue weighted by Crippen LogP contribution is 2.41. The molecule has 0 aliphatic rings. The number of carbonyl (C=O) groups excluding carboxylic acids is 1. The van der Waals surface area contributed by atoms with Gasteiger partial charge in [-0.25, -0.2) is 9.36 Å². The average Bonchev–Trinajstić information content (AvgIpc) is 3.27. The maximum absolute atomic E-state index is 14.2. The standard InChI is InChI=1S/C32H12BF24.C14H14NO2/c34-25(35,36)13-1-14(26(37,38)39)6-21(5-13)33(22-7-15(27(40,41)42)2-16(8-22)28(43,44)45,23-9-17(29(46,47)48)3-18(10-23)30(49,50)51)24-11-19(31(52,53)54)4-20(12-24)32(55,56)57;1-17-14(16)13-7-5-6-12(10-13)11-15-8-3-2-4-9-15/h1-12H;2-10H,11H2,1H3/q-1;+1. The van der Waals surface area contributed by atoms with Crippen LogP contribution in [0, 0.1) is 0 Å². The van der Waals surface area contributed by atoms with Crippen molar-refractivity contribution in [3.05, 3.63) is 183 Å². The first-order chi connectivity index (χ1) is 33.6. The number of aromatic nitrogens is 1. The molecule has 74 heavy (non-hydrogen) atoms. The molecule has 0 aliphatic heterocycles. The molecule has 1 aromatic heterocycles. The summed E-state index contributed by atoms with van der Waals surface area (Å²) in [5.41, 5.74) is -28.5.